The van der Waals surface area contributed by atoms with E-state index in [9.17, 15) is 9.59 Å². The highest BCUT2D eigenvalue weighted by Gasteiger charge is 2.23. The van der Waals surface area contributed by atoms with E-state index in [1.807, 2.05) is 24.3 Å². The van der Waals surface area contributed by atoms with Gasteiger partial charge in [0.25, 0.3) is 5.91 Å². The first-order valence-electron chi connectivity index (χ1n) is 11.1. The molecular weight excluding hydrogens is 394 g/mol. The minimum absolute atomic E-state index is 0.0263. The van der Waals surface area contributed by atoms with Gasteiger partial charge in [0.2, 0.25) is 0 Å². The minimum atomic E-state index is -0.359. The number of carbonyl (C=O) groups is 2. The maximum absolute atomic E-state index is 12.5. The number of pyridine rings is 1. The smallest absolute Gasteiger partial charge is 0.338 e. The summed E-state index contributed by atoms with van der Waals surface area (Å²) < 4.78 is 11.1. The molecule has 164 valence electrons. The highest BCUT2D eigenvalue weighted by Crippen LogP contribution is 2.22. The highest BCUT2D eigenvalue weighted by molar-refractivity contribution is 5.94. The van der Waals surface area contributed by atoms with Gasteiger partial charge < -0.3 is 20.1 Å². The van der Waals surface area contributed by atoms with Gasteiger partial charge in [-0.2, -0.15) is 0 Å². The van der Waals surface area contributed by atoms with Crippen molar-refractivity contribution in [2.75, 3.05) is 17.2 Å². The zero-order chi connectivity index (χ0) is 21.5. The number of carbonyl (C=O) groups excluding carboxylic acids is 2. The Balaban J connectivity index is 1.32. The highest BCUT2D eigenvalue weighted by atomic mass is 16.5. The first-order chi connectivity index (χ1) is 15.2. The summed E-state index contributed by atoms with van der Waals surface area (Å²) in [6.07, 6.45) is 8.31. The van der Waals surface area contributed by atoms with Crippen LogP contribution < -0.4 is 10.6 Å². The lowest BCUT2D eigenvalue weighted by atomic mass is 9.98. The van der Waals surface area contributed by atoms with Crippen molar-refractivity contribution >= 4 is 23.4 Å². The van der Waals surface area contributed by atoms with Gasteiger partial charge in [-0.25, -0.2) is 9.78 Å². The molecule has 1 aromatic heterocycles. The van der Waals surface area contributed by atoms with E-state index < -0.39 is 0 Å². The Hall–Kier alpha value is -2.93. The molecule has 1 aliphatic heterocycles. The largest absolute Gasteiger partial charge is 0.459 e. The summed E-state index contributed by atoms with van der Waals surface area (Å²) in [5, 5.41) is 6.16. The minimum Gasteiger partial charge on any atom is -0.459 e. The van der Waals surface area contributed by atoms with Gasteiger partial charge in [-0.1, -0.05) is 18.6 Å². The Morgan fingerprint density at radius 2 is 1.94 bits per heavy atom. The number of benzene rings is 1. The maximum Gasteiger partial charge on any atom is 0.338 e. The molecule has 1 atom stereocenters. The molecule has 1 saturated heterocycles. The van der Waals surface area contributed by atoms with Gasteiger partial charge in [-0.05, 0) is 68.4 Å². The predicted octanol–water partition coefficient (Wildman–Crippen LogP) is 4.30. The summed E-state index contributed by atoms with van der Waals surface area (Å²) >= 11 is 0. The molecule has 2 aromatic rings. The van der Waals surface area contributed by atoms with Gasteiger partial charge in [-0.15, -0.1) is 0 Å². The number of nitrogens with zero attached hydrogens (tertiary/aromatic N) is 1. The van der Waals surface area contributed by atoms with Crippen LogP contribution >= 0.6 is 0 Å². The number of anilines is 2. The molecular formula is C24H29N3O4. The van der Waals surface area contributed by atoms with E-state index in [-0.39, 0.29) is 24.1 Å². The van der Waals surface area contributed by atoms with Crippen molar-refractivity contribution in [2.45, 2.75) is 63.7 Å². The van der Waals surface area contributed by atoms with E-state index in [0.29, 0.717) is 24.5 Å². The summed E-state index contributed by atoms with van der Waals surface area (Å²) in [5.41, 5.74) is 2.22. The zero-order valence-electron chi connectivity index (χ0n) is 17.6. The molecule has 0 radical (unpaired) electrons. The third kappa shape index (κ3) is 6.04. The van der Waals surface area contributed by atoms with E-state index in [1.165, 1.54) is 6.42 Å². The van der Waals surface area contributed by atoms with Crippen molar-refractivity contribution in [1.29, 1.82) is 0 Å². The fourth-order valence-electron chi connectivity index (χ4n) is 4.02. The topological polar surface area (TPSA) is 89.5 Å². The normalized spacial score (nSPS) is 19.0. The van der Waals surface area contributed by atoms with Crippen LogP contribution in [-0.2, 0) is 20.8 Å². The number of amides is 1. The van der Waals surface area contributed by atoms with Gasteiger partial charge in [0.15, 0.2) is 0 Å². The third-order valence-corrected chi connectivity index (χ3v) is 5.71. The van der Waals surface area contributed by atoms with Gasteiger partial charge in [-0.3, -0.25) is 4.79 Å². The Kier molecular flexibility index (Phi) is 7.14. The SMILES string of the molecule is O=C(OC1CCCCC1)c1ccnc(NCc2cccc(NC(=O)C3CCCO3)c2)c1. The van der Waals surface area contributed by atoms with Crippen LogP contribution in [0.4, 0.5) is 11.5 Å². The molecule has 1 unspecified atom stereocenters. The van der Waals surface area contributed by atoms with Gasteiger partial charge >= 0.3 is 5.97 Å². The number of rotatable bonds is 7. The first kappa shape index (κ1) is 21.3. The lowest BCUT2D eigenvalue weighted by Crippen LogP contribution is -2.26. The maximum atomic E-state index is 12.5. The Morgan fingerprint density at radius 3 is 2.74 bits per heavy atom. The van der Waals surface area contributed by atoms with Gasteiger partial charge in [0.1, 0.15) is 18.0 Å². The molecule has 7 nitrogen and oxygen atoms in total. The quantitative estimate of drug-likeness (QED) is 0.646. The summed E-state index contributed by atoms with van der Waals surface area (Å²) in [7, 11) is 0. The predicted molar refractivity (Wildman–Crippen MR) is 118 cm³/mol. The van der Waals surface area contributed by atoms with E-state index >= 15 is 0 Å². The number of ether oxygens (including phenoxy) is 2. The molecule has 0 bridgehead atoms. The lowest BCUT2D eigenvalue weighted by Gasteiger charge is -2.21. The fourth-order valence-corrected chi connectivity index (χ4v) is 4.02. The van der Waals surface area contributed by atoms with Crippen LogP contribution in [0.25, 0.3) is 0 Å². The Bertz CT molecular complexity index is 905. The average molecular weight is 424 g/mol. The molecule has 0 spiro atoms. The number of hydrogen-bond donors (Lipinski definition) is 2. The second kappa shape index (κ2) is 10.4. The van der Waals surface area contributed by atoms with Crippen molar-refractivity contribution < 1.29 is 19.1 Å². The molecule has 2 heterocycles. The van der Waals surface area contributed by atoms with Gasteiger partial charge in [0.05, 0.1) is 5.56 Å². The Morgan fingerprint density at radius 1 is 1.06 bits per heavy atom. The third-order valence-electron chi connectivity index (χ3n) is 5.71. The van der Waals surface area contributed by atoms with Crippen molar-refractivity contribution in [2.24, 2.45) is 0 Å². The number of esters is 1. The van der Waals surface area contributed by atoms with E-state index in [1.54, 1.807) is 18.3 Å². The van der Waals surface area contributed by atoms with Crippen LogP contribution in [0.15, 0.2) is 42.6 Å². The molecule has 1 amide bonds. The van der Waals surface area contributed by atoms with E-state index in [0.717, 1.165) is 49.8 Å². The summed E-state index contributed by atoms with van der Waals surface area (Å²) in [6.45, 7) is 1.15. The van der Waals surface area contributed by atoms with Crippen LogP contribution in [0.2, 0.25) is 0 Å². The van der Waals surface area contributed by atoms with Crippen molar-refractivity contribution in [1.82, 2.24) is 4.98 Å². The molecule has 1 saturated carbocycles. The summed E-state index contributed by atoms with van der Waals surface area (Å²) in [6, 6.07) is 11.0. The van der Waals surface area contributed by atoms with Crippen molar-refractivity contribution in [3.8, 4) is 0 Å². The molecule has 7 heteroatoms. The van der Waals surface area contributed by atoms with Crippen LogP contribution in [0.3, 0.4) is 0 Å². The van der Waals surface area contributed by atoms with Crippen LogP contribution in [0, 0.1) is 0 Å². The molecule has 31 heavy (non-hydrogen) atoms. The second-order valence-corrected chi connectivity index (χ2v) is 8.14. The fraction of sp³-hybridized carbons (Fsp3) is 0.458. The van der Waals surface area contributed by atoms with Crippen LogP contribution in [0.1, 0.15) is 60.9 Å². The van der Waals surface area contributed by atoms with Crippen LogP contribution in [-0.4, -0.2) is 35.7 Å². The second-order valence-electron chi connectivity index (χ2n) is 8.14. The average Bonchev–Trinajstić information content (AvgIpc) is 3.34. The summed E-state index contributed by atoms with van der Waals surface area (Å²) in [5.74, 6) is 0.205. The number of nitrogens with one attached hydrogen (secondary N) is 2. The molecule has 1 aromatic carbocycles. The standard InChI is InChI=1S/C24H29N3O4/c28-23(21-10-5-13-30-21)27-19-7-4-6-17(14-19)16-26-22-15-18(11-12-25-22)24(29)31-20-8-2-1-3-9-20/h4,6-7,11-12,14-15,20-21H,1-3,5,8-10,13,16H2,(H,25,26)(H,27,28). The van der Waals surface area contributed by atoms with E-state index in [4.69, 9.17) is 9.47 Å². The first-order valence-corrected chi connectivity index (χ1v) is 11.1. The molecule has 1 aliphatic carbocycles. The van der Waals surface area contributed by atoms with Crippen molar-refractivity contribution in [3.63, 3.8) is 0 Å². The Labute approximate surface area is 182 Å². The molecule has 4 rings (SSSR count). The van der Waals surface area contributed by atoms with Crippen LogP contribution in [0.5, 0.6) is 0 Å². The molecule has 2 fully saturated rings. The molecule has 2 N–H and O–H groups in total. The van der Waals surface area contributed by atoms with E-state index in [2.05, 4.69) is 15.6 Å². The van der Waals surface area contributed by atoms with Crippen molar-refractivity contribution in [3.05, 3.63) is 53.7 Å². The van der Waals surface area contributed by atoms with Gasteiger partial charge in [0, 0.05) is 25.0 Å². The summed E-state index contributed by atoms with van der Waals surface area (Å²) in [4.78, 5) is 29.0. The lowest BCUT2D eigenvalue weighted by molar-refractivity contribution is -0.124. The number of aromatic nitrogens is 1. The monoisotopic (exact) mass is 423 g/mol. The molecule has 2 aliphatic rings. The number of hydrogen-bond acceptors (Lipinski definition) is 6. The zero-order valence-corrected chi connectivity index (χ0v) is 17.6.